The van der Waals surface area contributed by atoms with E-state index in [9.17, 15) is 14.0 Å². The molecule has 0 spiro atoms. The molecule has 22 heavy (non-hydrogen) atoms. The van der Waals surface area contributed by atoms with E-state index in [2.05, 4.69) is 5.32 Å². The van der Waals surface area contributed by atoms with Crippen molar-refractivity contribution in [1.82, 2.24) is 10.2 Å². The van der Waals surface area contributed by atoms with E-state index in [1.54, 1.807) is 11.8 Å². The van der Waals surface area contributed by atoms with Crippen molar-refractivity contribution in [2.24, 2.45) is 0 Å². The van der Waals surface area contributed by atoms with Gasteiger partial charge >= 0.3 is 6.09 Å². The standard InChI is InChI=1S/C15H18ClFN2O3/c1-2-22-15(21)18-11-4-3-7-19(9-11)14(20)12-6-5-10(17)8-13(12)16/h5-6,8,11H,2-4,7,9H2,1H3,(H,18,21)/t11-/m0/s1. The van der Waals surface area contributed by atoms with Crippen LogP contribution >= 0.6 is 11.6 Å². The average Bonchev–Trinajstić information content (AvgIpc) is 2.47. The van der Waals surface area contributed by atoms with E-state index in [1.807, 2.05) is 0 Å². The Kier molecular flexibility index (Phi) is 5.60. The zero-order chi connectivity index (χ0) is 16.1. The van der Waals surface area contributed by atoms with Crippen LogP contribution in [0.4, 0.5) is 9.18 Å². The van der Waals surface area contributed by atoms with Crippen LogP contribution in [0.5, 0.6) is 0 Å². The van der Waals surface area contributed by atoms with Gasteiger partial charge in [0.05, 0.1) is 17.2 Å². The molecule has 1 aliphatic heterocycles. The van der Waals surface area contributed by atoms with Crippen LogP contribution in [0, 0.1) is 5.82 Å². The molecule has 2 amide bonds. The minimum absolute atomic E-state index is 0.0884. The van der Waals surface area contributed by atoms with Gasteiger partial charge in [0.1, 0.15) is 5.82 Å². The van der Waals surface area contributed by atoms with Gasteiger partial charge in [-0.05, 0) is 38.0 Å². The van der Waals surface area contributed by atoms with Gasteiger partial charge in [0.2, 0.25) is 0 Å². The van der Waals surface area contributed by atoms with E-state index in [4.69, 9.17) is 16.3 Å². The zero-order valence-corrected chi connectivity index (χ0v) is 13.0. The van der Waals surface area contributed by atoms with Crippen LogP contribution < -0.4 is 5.32 Å². The number of piperidine rings is 1. The van der Waals surface area contributed by atoms with E-state index in [0.29, 0.717) is 19.7 Å². The molecule has 7 heteroatoms. The molecule has 1 saturated heterocycles. The fourth-order valence-corrected chi connectivity index (χ4v) is 2.70. The number of likely N-dealkylation sites (tertiary alicyclic amines) is 1. The SMILES string of the molecule is CCOC(=O)N[C@H]1CCCN(C(=O)c2ccc(F)cc2Cl)C1. The van der Waals surface area contributed by atoms with Crippen molar-refractivity contribution in [2.75, 3.05) is 19.7 Å². The highest BCUT2D eigenvalue weighted by molar-refractivity contribution is 6.33. The summed E-state index contributed by atoms with van der Waals surface area (Å²) in [5.41, 5.74) is 0.264. The zero-order valence-electron chi connectivity index (χ0n) is 12.3. The summed E-state index contributed by atoms with van der Waals surface area (Å²) in [7, 11) is 0. The summed E-state index contributed by atoms with van der Waals surface area (Å²) in [5, 5.41) is 2.82. The Hall–Kier alpha value is -1.82. The maximum atomic E-state index is 13.1. The third-order valence-electron chi connectivity index (χ3n) is 3.47. The third kappa shape index (κ3) is 4.10. The first-order chi connectivity index (χ1) is 10.5. The lowest BCUT2D eigenvalue weighted by Crippen LogP contribution is -2.49. The fourth-order valence-electron chi connectivity index (χ4n) is 2.45. The van der Waals surface area contributed by atoms with Gasteiger partial charge in [-0.3, -0.25) is 4.79 Å². The van der Waals surface area contributed by atoms with Crippen molar-refractivity contribution in [3.63, 3.8) is 0 Å². The summed E-state index contributed by atoms with van der Waals surface area (Å²) >= 11 is 5.93. The number of hydrogen-bond donors (Lipinski definition) is 1. The number of carbonyl (C=O) groups is 2. The maximum absolute atomic E-state index is 13.1. The molecule has 1 aromatic carbocycles. The molecule has 1 aromatic rings. The fraction of sp³-hybridized carbons (Fsp3) is 0.467. The van der Waals surface area contributed by atoms with Crippen LogP contribution in [0.15, 0.2) is 18.2 Å². The minimum Gasteiger partial charge on any atom is -0.450 e. The first-order valence-corrected chi connectivity index (χ1v) is 7.56. The Morgan fingerprint density at radius 1 is 1.50 bits per heavy atom. The maximum Gasteiger partial charge on any atom is 0.407 e. The van der Waals surface area contributed by atoms with Crippen LogP contribution in [0.1, 0.15) is 30.1 Å². The van der Waals surface area contributed by atoms with Crippen molar-refractivity contribution in [3.8, 4) is 0 Å². The predicted octanol–water partition coefficient (Wildman–Crippen LogP) is 2.83. The number of carbonyl (C=O) groups excluding carboxylic acids is 2. The molecule has 5 nitrogen and oxygen atoms in total. The van der Waals surface area contributed by atoms with Gasteiger partial charge in [0.15, 0.2) is 0 Å². The second-order valence-corrected chi connectivity index (χ2v) is 5.49. The van der Waals surface area contributed by atoms with Crippen molar-refractivity contribution >= 4 is 23.6 Å². The lowest BCUT2D eigenvalue weighted by atomic mass is 10.0. The summed E-state index contributed by atoms with van der Waals surface area (Å²) in [6.07, 6.45) is 1.06. The molecule has 0 saturated carbocycles. The molecule has 120 valence electrons. The summed E-state index contributed by atoms with van der Waals surface area (Å²) < 4.78 is 17.9. The lowest BCUT2D eigenvalue weighted by Gasteiger charge is -2.33. The highest BCUT2D eigenvalue weighted by Gasteiger charge is 2.26. The Labute approximate surface area is 133 Å². The molecule has 1 fully saturated rings. The smallest absolute Gasteiger partial charge is 0.407 e. The highest BCUT2D eigenvalue weighted by atomic mass is 35.5. The second kappa shape index (κ2) is 7.45. The van der Waals surface area contributed by atoms with Gasteiger partial charge in [0, 0.05) is 19.1 Å². The molecular weight excluding hydrogens is 311 g/mol. The summed E-state index contributed by atoms with van der Waals surface area (Å²) in [5.74, 6) is -0.748. The van der Waals surface area contributed by atoms with Gasteiger partial charge in [-0.1, -0.05) is 11.6 Å². The number of ether oxygens (including phenoxy) is 1. The number of alkyl carbamates (subject to hydrolysis) is 1. The predicted molar refractivity (Wildman–Crippen MR) is 80.5 cm³/mol. The molecule has 2 rings (SSSR count). The molecule has 0 aromatic heterocycles. The van der Waals surface area contributed by atoms with E-state index in [0.717, 1.165) is 18.9 Å². The third-order valence-corrected chi connectivity index (χ3v) is 3.78. The topological polar surface area (TPSA) is 58.6 Å². The Balaban J connectivity index is 2.02. The van der Waals surface area contributed by atoms with Gasteiger partial charge in [-0.15, -0.1) is 0 Å². The number of rotatable bonds is 3. The van der Waals surface area contributed by atoms with Crippen molar-refractivity contribution in [2.45, 2.75) is 25.8 Å². The molecule has 0 unspecified atom stereocenters. The van der Waals surface area contributed by atoms with Crippen LogP contribution in [0.3, 0.4) is 0 Å². The van der Waals surface area contributed by atoms with E-state index < -0.39 is 11.9 Å². The first-order valence-electron chi connectivity index (χ1n) is 7.19. The van der Waals surface area contributed by atoms with E-state index in [-0.39, 0.29) is 22.5 Å². The lowest BCUT2D eigenvalue weighted by molar-refractivity contribution is 0.0686. The Morgan fingerprint density at radius 2 is 2.27 bits per heavy atom. The first kappa shape index (κ1) is 16.5. The largest absolute Gasteiger partial charge is 0.450 e. The molecule has 1 heterocycles. The number of hydrogen-bond acceptors (Lipinski definition) is 3. The Bertz CT molecular complexity index is 568. The molecule has 0 bridgehead atoms. The van der Waals surface area contributed by atoms with Gasteiger partial charge < -0.3 is 15.0 Å². The quantitative estimate of drug-likeness (QED) is 0.928. The van der Waals surface area contributed by atoms with Crippen LogP contribution in [0.25, 0.3) is 0 Å². The minimum atomic E-state index is -0.485. The monoisotopic (exact) mass is 328 g/mol. The van der Waals surface area contributed by atoms with E-state index in [1.165, 1.54) is 12.1 Å². The van der Waals surface area contributed by atoms with Crippen LogP contribution in [-0.2, 0) is 4.74 Å². The molecule has 1 N–H and O–H groups in total. The number of halogens is 2. The van der Waals surface area contributed by atoms with E-state index >= 15 is 0 Å². The van der Waals surface area contributed by atoms with Gasteiger partial charge in [-0.25, -0.2) is 9.18 Å². The summed E-state index contributed by atoms with van der Waals surface area (Å²) in [6.45, 7) is 2.98. The summed E-state index contributed by atoms with van der Waals surface area (Å²) in [6, 6.07) is 3.54. The van der Waals surface area contributed by atoms with Gasteiger partial charge in [-0.2, -0.15) is 0 Å². The molecule has 1 atom stereocenters. The van der Waals surface area contributed by atoms with Crippen LogP contribution in [0.2, 0.25) is 5.02 Å². The molecule has 0 aliphatic carbocycles. The second-order valence-electron chi connectivity index (χ2n) is 5.08. The number of nitrogens with one attached hydrogen (secondary N) is 1. The van der Waals surface area contributed by atoms with Crippen LogP contribution in [-0.4, -0.2) is 42.6 Å². The normalized spacial score (nSPS) is 18.0. The average molecular weight is 329 g/mol. The summed E-state index contributed by atoms with van der Waals surface area (Å²) in [4.78, 5) is 25.5. The Morgan fingerprint density at radius 3 is 2.95 bits per heavy atom. The van der Waals surface area contributed by atoms with Gasteiger partial charge in [0.25, 0.3) is 5.91 Å². The van der Waals surface area contributed by atoms with Crippen molar-refractivity contribution in [3.05, 3.63) is 34.6 Å². The molecular formula is C15H18ClFN2O3. The number of nitrogens with zero attached hydrogens (tertiary/aromatic N) is 1. The highest BCUT2D eigenvalue weighted by Crippen LogP contribution is 2.21. The number of amides is 2. The van der Waals surface area contributed by atoms with Crippen molar-refractivity contribution in [1.29, 1.82) is 0 Å². The molecule has 0 radical (unpaired) electrons. The van der Waals surface area contributed by atoms with Crippen molar-refractivity contribution < 1.29 is 18.7 Å². The molecule has 1 aliphatic rings. The number of benzene rings is 1.